The van der Waals surface area contributed by atoms with Gasteiger partial charge < -0.3 is 20.2 Å². The van der Waals surface area contributed by atoms with Crippen LogP contribution in [0.1, 0.15) is 27.0 Å². The number of rotatable bonds is 8. The van der Waals surface area contributed by atoms with Crippen molar-refractivity contribution in [1.29, 1.82) is 0 Å². The van der Waals surface area contributed by atoms with Gasteiger partial charge in [0.1, 0.15) is 6.54 Å². The summed E-state index contributed by atoms with van der Waals surface area (Å²) < 4.78 is 0. The first-order chi connectivity index (χ1) is 17.6. The zero-order valence-electron chi connectivity index (χ0n) is 20.1. The van der Waals surface area contributed by atoms with Crippen molar-refractivity contribution in [3.63, 3.8) is 0 Å². The van der Waals surface area contributed by atoms with E-state index in [0.29, 0.717) is 18.5 Å². The van der Waals surface area contributed by atoms with Crippen molar-refractivity contribution in [2.45, 2.75) is 13.3 Å². The topological polar surface area (TPSA) is 81.0 Å². The van der Waals surface area contributed by atoms with Gasteiger partial charge in [0.25, 0.3) is 5.91 Å². The molecule has 2 heterocycles. The van der Waals surface area contributed by atoms with Gasteiger partial charge in [-0.3, -0.25) is 9.59 Å². The molecule has 0 bridgehead atoms. The molecule has 36 heavy (non-hydrogen) atoms. The second-order valence-electron chi connectivity index (χ2n) is 8.89. The summed E-state index contributed by atoms with van der Waals surface area (Å²) in [4.78, 5) is 34.3. The molecule has 3 N–H and O–H groups in total. The average Bonchev–Trinajstić information content (AvgIpc) is 3.51. The quantitative estimate of drug-likeness (QED) is 0.279. The molecule has 0 fully saturated rings. The predicted molar refractivity (Wildman–Crippen MR) is 145 cm³/mol. The number of benzene rings is 3. The Balaban J connectivity index is 1.29. The van der Waals surface area contributed by atoms with E-state index >= 15 is 0 Å². The Hall–Kier alpha value is -4.58. The number of hydrogen-bond acceptors (Lipinski definition) is 2. The number of nitrogens with zero attached hydrogens (tertiary/aromatic N) is 1. The largest absolute Gasteiger partial charge is 0.361 e. The summed E-state index contributed by atoms with van der Waals surface area (Å²) in [5.41, 5.74) is 5.85. The van der Waals surface area contributed by atoms with Gasteiger partial charge >= 0.3 is 0 Å². The molecule has 0 saturated heterocycles. The monoisotopic (exact) mass is 476 g/mol. The van der Waals surface area contributed by atoms with E-state index in [9.17, 15) is 9.59 Å². The molecule has 5 aromatic rings. The molecule has 0 saturated carbocycles. The highest BCUT2D eigenvalue weighted by atomic mass is 16.2. The first kappa shape index (κ1) is 23.2. The highest BCUT2D eigenvalue weighted by molar-refractivity contribution is 5.97. The molecule has 180 valence electrons. The summed E-state index contributed by atoms with van der Waals surface area (Å²) in [5.74, 6) is -0.406. The summed E-state index contributed by atoms with van der Waals surface area (Å²) in [6.45, 7) is 2.37. The van der Waals surface area contributed by atoms with Crippen LogP contribution in [-0.2, 0) is 11.2 Å². The predicted octanol–water partition coefficient (Wildman–Crippen LogP) is 5.43. The van der Waals surface area contributed by atoms with E-state index in [-0.39, 0.29) is 18.4 Å². The van der Waals surface area contributed by atoms with Crippen LogP contribution in [0.2, 0.25) is 0 Å². The van der Waals surface area contributed by atoms with E-state index in [0.717, 1.165) is 38.5 Å². The van der Waals surface area contributed by atoms with E-state index in [4.69, 9.17) is 0 Å². The maximum absolute atomic E-state index is 13.3. The van der Waals surface area contributed by atoms with Crippen molar-refractivity contribution < 1.29 is 9.59 Å². The smallest absolute Gasteiger partial charge is 0.254 e. The molecule has 0 radical (unpaired) electrons. The lowest BCUT2D eigenvalue weighted by molar-refractivity contribution is -0.120. The van der Waals surface area contributed by atoms with Gasteiger partial charge in [-0.05, 0) is 49.2 Å². The second-order valence-corrected chi connectivity index (χ2v) is 8.89. The number of nitrogens with one attached hydrogen (secondary N) is 3. The van der Waals surface area contributed by atoms with Gasteiger partial charge in [0.15, 0.2) is 0 Å². The lowest BCUT2D eigenvalue weighted by atomic mass is 10.1. The van der Waals surface area contributed by atoms with Gasteiger partial charge in [-0.1, -0.05) is 54.1 Å². The number of amides is 2. The SMILES string of the molecule is Cc1ccc(C(=O)N(CCc2c[nH]c3ccccc23)CC(=O)NC=Cc2c[nH]c3ccccc23)cc1. The van der Waals surface area contributed by atoms with Crippen LogP contribution in [0.25, 0.3) is 27.9 Å². The van der Waals surface area contributed by atoms with Gasteiger partial charge in [0.05, 0.1) is 0 Å². The lowest BCUT2D eigenvalue weighted by Gasteiger charge is -2.22. The molecule has 6 heteroatoms. The summed E-state index contributed by atoms with van der Waals surface area (Å²) in [6.07, 6.45) is 8.01. The molecular weight excluding hydrogens is 448 g/mol. The molecule has 3 aromatic carbocycles. The van der Waals surface area contributed by atoms with Gasteiger partial charge in [0, 0.05) is 58.1 Å². The fraction of sp³-hybridized carbons (Fsp3) is 0.133. The van der Waals surface area contributed by atoms with E-state index in [2.05, 4.69) is 21.4 Å². The summed E-state index contributed by atoms with van der Waals surface area (Å²) in [6, 6.07) is 23.5. The van der Waals surface area contributed by atoms with E-state index in [1.807, 2.05) is 92.1 Å². The average molecular weight is 477 g/mol. The lowest BCUT2D eigenvalue weighted by Crippen LogP contribution is -2.40. The first-order valence-electron chi connectivity index (χ1n) is 12.0. The van der Waals surface area contributed by atoms with Gasteiger partial charge in [0.2, 0.25) is 5.91 Å². The minimum absolute atomic E-state index is 0.0344. The number of hydrogen-bond donors (Lipinski definition) is 3. The number of fused-ring (bicyclic) bond motifs is 2. The van der Waals surface area contributed by atoms with Crippen LogP contribution in [-0.4, -0.2) is 39.8 Å². The van der Waals surface area contributed by atoms with Crippen LogP contribution in [0.3, 0.4) is 0 Å². The molecule has 0 aliphatic carbocycles. The van der Waals surface area contributed by atoms with Crippen LogP contribution in [0.5, 0.6) is 0 Å². The summed E-state index contributed by atoms with van der Waals surface area (Å²) in [7, 11) is 0. The Labute approximate surface area is 209 Å². The van der Waals surface area contributed by atoms with Crippen LogP contribution in [0.15, 0.2) is 91.4 Å². The van der Waals surface area contributed by atoms with E-state index in [1.165, 1.54) is 0 Å². The number of carbonyl (C=O) groups excluding carboxylic acids is 2. The molecule has 0 unspecified atom stereocenters. The van der Waals surface area contributed by atoms with Crippen molar-refractivity contribution in [3.8, 4) is 0 Å². The van der Waals surface area contributed by atoms with E-state index in [1.54, 1.807) is 11.1 Å². The van der Waals surface area contributed by atoms with Crippen LogP contribution >= 0.6 is 0 Å². The molecule has 0 atom stereocenters. The van der Waals surface area contributed by atoms with E-state index < -0.39 is 0 Å². The molecule has 0 spiro atoms. The normalized spacial score (nSPS) is 11.4. The van der Waals surface area contributed by atoms with Gasteiger partial charge in [-0.15, -0.1) is 0 Å². The fourth-order valence-corrected chi connectivity index (χ4v) is 4.40. The van der Waals surface area contributed by atoms with Gasteiger partial charge in [-0.2, -0.15) is 0 Å². The Bertz CT molecular complexity index is 1540. The summed E-state index contributed by atoms with van der Waals surface area (Å²) >= 11 is 0. The van der Waals surface area contributed by atoms with Crippen LogP contribution in [0.4, 0.5) is 0 Å². The summed E-state index contributed by atoms with van der Waals surface area (Å²) in [5, 5.41) is 5.03. The standard InChI is InChI=1S/C30H28N4O2/c1-21-10-12-22(13-11-21)30(36)34(17-15-24-19-33-28-9-5-3-7-26(24)28)20-29(35)31-16-14-23-18-32-27-8-4-2-6-25(23)27/h2-14,16,18-19,32-33H,15,17,20H2,1H3,(H,31,35). The van der Waals surface area contributed by atoms with Crippen molar-refractivity contribution in [1.82, 2.24) is 20.2 Å². The number of H-pyrrole nitrogens is 2. The van der Waals surface area contributed by atoms with Gasteiger partial charge in [-0.25, -0.2) is 0 Å². The van der Waals surface area contributed by atoms with Crippen molar-refractivity contribution in [2.24, 2.45) is 0 Å². The third kappa shape index (κ3) is 5.08. The maximum atomic E-state index is 13.3. The third-order valence-corrected chi connectivity index (χ3v) is 6.37. The Morgan fingerprint density at radius 1 is 0.861 bits per heavy atom. The number of aryl methyl sites for hydroxylation is 1. The minimum atomic E-state index is -0.245. The number of carbonyl (C=O) groups is 2. The molecular formula is C30H28N4O2. The van der Waals surface area contributed by atoms with Crippen molar-refractivity contribution >= 4 is 39.7 Å². The molecule has 2 aromatic heterocycles. The molecule has 6 nitrogen and oxygen atoms in total. The van der Waals surface area contributed by atoms with Crippen molar-refractivity contribution in [2.75, 3.05) is 13.1 Å². The molecule has 0 aliphatic rings. The Morgan fingerprint density at radius 2 is 1.53 bits per heavy atom. The number of aromatic amines is 2. The van der Waals surface area contributed by atoms with Crippen molar-refractivity contribution in [3.05, 3.63) is 114 Å². The highest BCUT2D eigenvalue weighted by Crippen LogP contribution is 2.20. The minimum Gasteiger partial charge on any atom is -0.361 e. The highest BCUT2D eigenvalue weighted by Gasteiger charge is 2.19. The first-order valence-corrected chi connectivity index (χ1v) is 12.0. The number of aromatic nitrogens is 2. The van der Waals surface area contributed by atoms with Crippen LogP contribution < -0.4 is 5.32 Å². The number of para-hydroxylation sites is 2. The molecule has 0 aliphatic heterocycles. The third-order valence-electron chi connectivity index (χ3n) is 6.37. The maximum Gasteiger partial charge on any atom is 0.254 e. The zero-order chi connectivity index (χ0) is 24.9. The fourth-order valence-electron chi connectivity index (χ4n) is 4.40. The second kappa shape index (κ2) is 10.4. The molecule has 2 amide bonds. The zero-order valence-corrected chi connectivity index (χ0v) is 20.1. The Morgan fingerprint density at radius 3 is 2.31 bits per heavy atom. The Kier molecular flexibility index (Phi) is 6.67. The van der Waals surface area contributed by atoms with Crippen LogP contribution in [0, 0.1) is 6.92 Å². The molecule has 5 rings (SSSR count).